The Morgan fingerprint density at radius 1 is 1.29 bits per heavy atom. The number of aliphatic hydroxyl groups is 1. The Balaban J connectivity index is 1.87. The molecule has 2 saturated heterocycles. The number of nitrogens with zero attached hydrogens (tertiary/aromatic N) is 1. The van der Waals surface area contributed by atoms with Gasteiger partial charge in [0.15, 0.2) is 0 Å². The van der Waals surface area contributed by atoms with E-state index in [0.29, 0.717) is 10.5 Å². The van der Waals surface area contributed by atoms with Gasteiger partial charge in [-0.05, 0) is 38.7 Å². The van der Waals surface area contributed by atoms with Gasteiger partial charge in [-0.1, -0.05) is 12.5 Å². The van der Waals surface area contributed by atoms with Crippen LogP contribution in [0.2, 0.25) is 0 Å². The lowest BCUT2D eigenvalue weighted by molar-refractivity contribution is 0.00781. The lowest BCUT2D eigenvalue weighted by Crippen LogP contribution is -2.40. The van der Waals surface area contributed by atoms with Crippen LogP contribution in [0, 0.1) is 6.92 Å². The molecule has 0 amide bonds. The minimum absolute atomic E-state index is 0.623. The molecule has 0 saturated carbocycles. The van der Waals surface area contributed by atoms with E-state index >= 15 is 0 Å². The fourth-order valence-corrected chi connectivity index (χ4v) is 4.99. The highest BCUT2D eigenvalue weighted by Crippen LogP contribution is 2.49. The molecule has 2 aliphatic rings. The van der Waals surface area contributed by atoms with Crippen molar-refractivity contribution in [2.75, 3.05) is 0 Å². The molecule has 2 bridgehead atoms. The van der Waals surface area contributed by atoms with Crippen LogP contribution in [0.25, 0.3) is 0 Å². The van der Waals surface area contributed by atoms with Gasteiger partial charge in [0.25, 0.3) is 0 Å². The number of pyridine rings is 1. The summed E-state index contributed by atoms with van der Waals surface area (Å²) in [4.78, 5) is 4.33. The van der Waals surface area contributed by atoms with E-state index in [9.17, 15) is 5.11 Å². The first-order chi connectivity index (χ1) is 8.16. The van der Waals surface area contributed by atoms with E-state index in [4.69, 9.17) is 0 Å². The van der Waals surface area contributed by atoms with E-state index < -0.39 is 5.60 Å². The van der Waals surface area contributed by atoms with E-state index in [1.165, 1.54) is 19.3 Å². The molecule has 0 radical (unpaired) electrons. The molecule has 2 atom stereocenters. The molecule has 92 valence electrons. The SMILES string of the molecule is Cc1ccc(C2(O)CC3CCCC(C2)S3)cn1. The number of hydrogen-bond donors (Lipinski definition) is 1. The Morgan fingerprint density at radius 2 is 2.00 bits per heavy atom. The molecule has 3 heteroatoms. The predicted molar refractivity (Wildman–Crippen MR) is 71.1 cm³/mol. The Morgan fingerprint density at radius 3 is 2.59 bits per heavy atom. The van der Waals surface area contributed by atoms with Gasteiger partial charge in [0.05, 0.1) is 5.60 Å². The zero-order valence-electron chi connectivity index (χ0n) is 10.2. The molecule has 2 unspecified atom stereocenters. The summed E-state index contributed by atoms with van der Waals surface area (Å²) in [6.45, 7) is 1.99. The second kappa shape index (κ2) is 4.29. The largest absolute Gasteiger partial charge is 0.385 e. The summed E-state index contributed by atoms with van der Waals surface area (Å²) in [7, 11) is 0. The summed E-state index contributed by atoms with van der Waals surface area (Å²) < 4.78 is 0. The molecular formula is C14H19NOS. The van der Waals surface area contributed by atoms with Crippen molar-refractivity contribution in [1.82, 2.24) is 4.98 Å². The average Bonchev–Trinajstić information content (AvgIpc) is 2.29. The summed E-state index contributed by atoms with van der Waals surface area (Å²) >= 11 is 2.09. The van der Waals surface area contributed by atoms with Crippen LogP contribution >= 0.6 is 11.8 Å². The molecule has 0 spiro atoms. The van der Waals surface area contributed by atoms with Crippen LogP contribution in [-0.2, 0) is 5.60 Å². The molecule has 1 aromatic rings. The summed E-state index contributed by atoms with van der Waals surface area (Å²) in [6, 6.07) is 4.05. The maximum Gasteiger partial charge on any atom is 0.0932 e. The standard InChI is InChI=1S/C14H19NOS/c1-10-5-6-11(9-15-10)14(16)7-12-3-2-4-13(8-14)17-12/h5-6,9,12-13,16H,2-4,7-8H2,1H3. The van der Waals surface area contributed by atoms with E-state index in [0.717, 1.165) is 24.1 Å². The first kappa shape index (κ1) is 11.5. The Bertz CT molecular complexity index is 391. The van der Waals surface area contributed by atoms with E-state index in [2.05, 4.69) is 16.7 Å². The lowest BCUT2D eigenvalue weighted by atomic mass is 9.81. The van der Waals surface area contributed by atoms with Gasteiger partial charge in [0, 0.05) is 28.0 Å². The molecule has 2 fully saturated rings. The zero-order chi connectivity index (χ0) is 11.9. The monoisotopic (exact) mass is 249 g/mol. The highest BCUT2D eigenvalue weighted by atomic mass is 32.2. The van der Waals surface area contributed by atoms with Crippen molar-refractivity contribution in [3.05, 3.63) is 29.6 Å². The molecular weight excluding hydrogens is 230 g/mol. The van der Waals surface area contributed by atoms with Crippen molar-refractivity contribution >= 4 is 11.8 Å². The minimum Gasteiger partial charge on any atom is -0.385 e. The van der Waals surface area contributed by atoms with E-state index in [1.54, 1.807) is 0 Å². The normalized spacial score (nSPS) is 36.8. The lowest BCUT2D eigenvalue weighted by Gasteiger charge is -2.44. The van der Waals surface area contributed by atoms with Crippen LogP contribution in [0.4, 0.5) is 0 Å². The van der Waals surface area contributed by atoms with Gasteiger partial charge in [0.1, 0.15) is 0 Å². The number of thioether (sulfide) groups is 1. The van der Waals surface area contributed by atoms with Crippen LogP contribution in [0.1, 0.15) is 43.4 Å². The first-order valence-electron chi connectivity index (χ1n) is 6.47. The Labute approximate surface area is 107 Å². The number of fused-ring (bicyclic) bond motifs is 2. The number of hydrogen-bond acceptors (Lipinski definition) is 3. The maximum absolute atomic E-state index is 10.9. The first-order valence-corrected chi connectivity index (χ1v) is 7.41. The van der Waals surface area contributed by atoms with Gasteiger partial charge in [-0.2, -0.15) is 11.8 Å². The average molecular weight is 249 g/mol. The molecule has 2 nitrogen and oxygen atoms in total. The molecule has 1 aromatic heterocycles. The summed E-state index contributed by atoms with van der Waals surface area (Å²) in [6.07, 6.45) is 7.54. The number of aromatic nitrogens is 1. The number of aryl methyl sites for hydroxylation is 1. The highest BCUT2D eigenvalue weighted by molar-refractivity contribution is 8.00. The van der Waals surface area contributed by atoms with Crippen molar-refractivity contribution in [3.63, 3.8) is 0 Å². The van der Waals surface area contributed by atoms with Crippen LogP contribution in [-0.4, -0.2) is 20.6 Å². The molecule has 1 N–H and O–H groups in total. The fraction of sp³-hybridized carbons (Fsp3) is 0.643. The van der Waals surface area contributed by atoms with Gasteiger partial charge in [-0.25, -0.2) is 0 Å². The fourth-order valence-electron chi connectivity index (χ4n) is 3.10. The van der Waals surface area contributed by atoms with Gasteiger partial charge in [0.2, 0.25) is 0 Å². The Kier molecular flexibility index (Phi) is 2.91. The van der Waals surface area contributed by atoms with Crippen LogP contribution in [0.15, 0.2) is 18.3 Å². The summed E-state index contributed by atoms with van der Waals surface area (Å²) in [5, 5.41) is 12.2. The maximum atomic E-state index is 10.9. The minimum atomic E-state index is -0.623. The van der Waals surface area contributed by atoms with Crippen molar-refractivity contribution in [1.29, 1.82) is 0 Å². The van der Waals surface area contributed by atoms with Gasteiger partial charge < -0.3 is 5.11 Å². The van der Waals surface area contributed by atoms with Crippen LogP contribution in [0.5, 0.6) is 0 Å². The molecule has 0 aromatic carbocycles. The molecule has 2 aliphatic heterocycles. The van der Waals surface area contributed by atoms with Crippen LogP contribution in [0.3, 0.4) is 0 Å². The third-order valence-electron chi connectivity index (χ3n) is 4.02. The van der Waals surface area contributed by atoms with Crippen molar-refractivity contribution < 1.29 is 5.11 Å². The molecule has 3 heterocycles. The van der Waals surface area contributed by atoms with Gasteiger partial charge >= 0.3 is 0 Å². The van der Waals surface area contributed by atoms with Crippen molar-refractivity contribution in [2.45, 2.75) is 55.1 Å². The van der Waals surface area contributed by atoms with E-state index in [-0.39, 0.29) is 0 Å². The van der Waals surface area contributed by atoms with Crippen molar-refractivity contribution in [2.24, 2.45) is 0 Å². The van der Waals surface area contributed by atoms with Crippen molar-refractivity contribution in [3.8, 4) is 0 Å². The highest BCUT2D eigenvalue weighted by Gasteiger charge is 2.42. The molecule has 17 heavy (non-hydrogen) atoms. The summed E-state index contributed by atoms with van der Waals surface area (Å²) in [5.41, 5.74) is 1.41. The molecule has 0 aliphatic carbocycles. The van der Waals surface area contributed by atoms with Gasteiger partial charge in [-0.3, -0.25) is 4.98 Å². The smallest absolute Gasteiger partial charge is 0.0932 e. The second-order valence-corrected chi connectivity index (χ2v) is 7.04. The quantitative estimate of drug-likeness (QED) is 0.830. The predicted octanol–water partition coefficient (Wildman–Crippen LogP) is 3.03. The zero-order valence-corrected chi connectivity index (χ0v) is 11.0. The summed E-state index contributed by atoms with van der Waals surface area (Å²) in [5.74, 6) is 0. The Hall–Kier alpha value is -0.540. The molecule has 3 rings (SSSR count). The third-order valence-corrected chi connectivity index (χ3v) is 5.59. The second-order valence-electron chi connectivity index (χ2n) is 5.44. The number of rotatable bonds is 1. The third kappa shape index (κ3) is 2.23. The van der Waals surface area contributed by atoms with Gasteiger partial charge in [-0.15, -0.1) is 0 Å². The topological polar surface area (TPSA) is 33.1 Å². The van der Waals surface area contributed by atoms with E-state index in [1.807, 2.05) is 25.3 Å². The van der Waals surface area contributed by atoms with Crippen LogP contribution < -0.4 is 0 Å².